The Labute approximate surface area is 435 Å². The van der Waals surface area contributed by atoms with Crippen LogP contribution in [0.5, 0.6) is 0 Å². The van der Waals surface area contributed by atoms with E-state index in [2.05, 4.69) is 81.8 Å². The molecule has 2 unspecified atom stereocenters. The van der Waals surface area contributed by atoms with E-state index in [0.29, 0.717) is 25.7 Å². The Morgan fingerprint density at radius 2 is 0.811 bits per heavy atom. The van der Waals surface area contributed by atoms with Crippen LogP contribution in [-0.4, -0.2) is 174 Å². The molecule has 2 aliphatic rings. The van der Waals surface area contributed by atoms with Gasteiger partial charge in [-0.2, -0.15) is 0 Å². The molecule has 4 atom stereocenters. The Bertz CT molecular complexity index is 1880. The number of amides is 12. The van der Waals surface area contributed by atoms with Crippen LogP contribution in [0.3, 0.4) is 0 Å². The zero-order chi connectivity index (χ0) is 55.4. The summed E-state index contributed by atoms with van der Waals surface area (Å²) in [7, 11) is -2.89. The van der Waals surface area contributed by atoms with Gasteiger partial charge in [0, 0.05) is 92.6 Å². The van der Waals surface area contributed by atoms with Crippen LogP contribution >= 0.6 is 0 Å². The number of nitrogens with one attached hydrogen (secondary N) is 8. The summed E-state index contributed by atoms with van der Waals surface area (Å²) in [6.07, 6.45) is 4.00. The van der Waals surface area contributed by atoms with Gasteiger partial charge in [0.05, 0.1) is 13.2 Å². The molecular weight excluding hydrogens is 997 g/mol. The third-order valence-corrected chi connectivity index (χ3v) is 14.8. The highest BCUT2D eigenvalue weighted by Crippen LogP contribution is 2.12. The van der Waals surface area contributed by atoms with E-state index >= 15 is 0 Å². The van der Waals surface area contributed by atoms with Crippen LogP contribution in [0.1, 0.15) is 78.1 Å². The second kappa shape index (κ2) is 32.7. The van der Waals surface area contributed by atoms with Crippen molar-refractivity contribution in [3.63, 3.8) is 0 Å². The van der Waals surface area contributed by atoms with E-state index in [4.69, 9.17) is 9.47 Å². The van der Waals surface area contributed by atoms with Gasteiger partial charge in [-0.3, -0.25) is 57.7 Å². The first-order valence-electron chi connectivity index (χ1n) is 25.5. The first-order chi connectivity index (χ1) is 34.8. The number of carbonyl (C=O) groups excluding carboxylic acids is 12. The molecule has 414 valence electrons. The zero-order valence-corrected chi connectivity index (χ0v) is 46.4. The summed E-state index contributed by atoms with van der Waals surface area (Å²) >= 11 is 0. The summed E-state index contributed by atoms with van der Waals surface area (Å²) < 4.78 is 10.6. The fraction of sp³-hybridized carbons (Fsp3) is 0.667. The van der Waals surface area contributed by atoms with E-state index in [1.165, 1.54) is 0 Å². The van der Waals surface area contributed by atoms with Crippen molar-refractivity contribution in [3.05, 3.63) is 24.3 Å². The SMILES string of the molecule is CCCNC(=O)[C@H](CCCCNC(=O)OCC[Si](C)(C)C)NC(=O)C(NC(=O)CCN1C(=O)C=CC1=O)C(NC(=O)CCN1C(=O)C=CC1=O)C(=O)N[C@@H](CCCCNC(=O)OCC[Si](C)(C)C)C(=O)NCCC. The van der Waals surface area contributed by atoms with Crippen LogP contribution < -0.4 is 42.5 Å². The van der Waals surface area contributed by atoms with Crippen molar-refractivity contribution >= 4 is 87.4 Å². The van der Waals surface area contributed by atoms with Gasteiger partial charge in [0.25, 0.3) is 23.6 Å². The van der Waals surface area contributed by atoms with Crippen LogP contribution in [0.4, 0.5) is 9.59 Å². The van der Waals surface area contributed by atoms with Gasteiger partial charge < -0.3 is 52.0 Å². The number of rotatable bonds is 35. The van der Waals surface area contributed by atoms with Crippen LogP contribution in [0.25, 0.3) is 0 Å². The lowest BCUT2D eigenvalue weighted by Crippen LogP contribution is -2.66. The van der Waals surface area contributed by atoms with E-state index in [1.54, 1.807) is 0 Å². The average molecular weight is 1080 g/mol. The number of ether oxygens (including phenoxy) is 2. The maximum Gasteiger partial charge on any atom is 0.407 e. The molecule has 0 bridgehead atoms. The molecule has 2 rings (SSSR count). The third-order valence-electron chi connectivity index (χ3n) is 11.4. The maximum atomic E-state index is 14.7. The lowest BCUT2D eigenvalue weighted by molar-refractivity contribution is -0.140. The van der Waals surface area contributed by atoms with Gasteiger partial charge in [-0.1, -0.05) is 53.1 Å². The third kappa shape index (κ3) is 25.5. The first kappa shape index (κ1) is 63.7. The number of imide groups is 2. The second-order valence-electron chi connectivity index (χ2n) is 20.4. The lowest BCUT2D eigenvalue weighted by atomic mass is 10.0. The molecule has 0 aromatic carbocycles. The molecule has 26 heteroatoms. The van der Waals surface area contributed by atoms with Crippen molar-refractivity contribution in [1.82, 2.24) is 52.3 Å². The molecule has 2 heterocycles. The standard InChI is InChI=1S/C48H80N10O14Si2/c1-9-23-49-43(65)33(15-11-13-25-51-47(69)71-29-31-73(3,4)5)53-45(67)41(55-35(59)21-27-57-37(61)17-18-38(57)62)42(56-36(60)22-28-58-39(63)19-20-40(58)64)46(68)54-34(44(66)50-24-10-2)16-12-14-26-52-48(70)72-30-32-74(6,7)8/h17-20,33-34,41-42H,9-16,21-32H2,1-8H3,(H,49,65)(H,50,66)(H,51,69)(H,52,70)(H,53,67)(H,54,68)(H,55,59)(H,56,60)/t33-,34-,41?,42?/m0/s1. The Morgan fingerprint density at radius 3 is 1.12 bits per heavy atom. The molecule has 2 aliphatic heterocycles. The van der Waals surface area contributed by atoms with Crippen LogP contribution in [0.15, 0.2) is 24.3 Å². The summed E-state index contributed by atoms with van der Waals surface area (Å²) in [6, 6.07) is -5.11. The van der Waals surface area contributed by atoms with E-state index in [9.17, 15) is 57.5 Å². The molecule has 0 saturated carbocycles. The van der Waals surface area contributed by atoms with E-state index in [-0.39, 0.29) is 65.1 Å². The Kier molecular flexibility index (Phi) is 28.1. The molecule has 0 aromatic heterocycles. The van der Waals surface area contributed by atoms with Crippen molar-refractivity contribution in [2.45, 2.75) is 154 Å². The average Bonchev–Trinajstić information content (AvgIpc) is 3.83. The van der Waals surface area contributed by atoms with Gasteiger partial charge in [0.15, 0.2) is 0 Å². The highest BCUT2D eigenvalue weighted by atomic mass is 28.3. The summed E-state index contributed by atoms with van der Waals surface area (Å²) in [5, 5.41) is 20.8. The summed E-state index contributed by atoms with van der Waals surface area (Å²) in [4.78, 5) is 160. The molecule has 12 amide bonds. The molecule has 8 N–H and O–H groups in total. The van der Waals surface area contributed by atoms with Gasteiger partial charge in [-0.05, 0) is 63.5 Å². The normalized spacial score (nSPS) is 14.9. The van der Waals surface area contributed by atoms with Gasteiger partial charge in [0.1, 0.15) is 24.2 Å². The monoisotopic (exact) mass is 1080 g/mol. The summed E-state index contributed by atoms with van der Waals surface area (Å²) in [5.74, 6) is -8.23. The van der Waals surface area contributed by atoms with Crippen molar-refractivity contribution in [2.24, 2.45) is 0 Å². The number of hydrogen-bond acceptors (Lipinski definition) is 14. The first-order valence-corrected chi connectivity index (χ1v) is 32.9. The molecule has 0 fully saturated rings. The quantitative estimate of drug-likeness (QED) is 0.0250. The molecule has 0 radical (unpaired) electrons. The van der Waals surface area contributed by atoms with E-state index in [0.717, 1.165) is 46.2 Å². The minimum absolute atomic E-state index is 0.000358. The van der Waals surface area contributed by atoms with Crippen molar-refractivity contribution in [3.8, 4) is 0 Å². The number of carbonyl (C=O) groups is 12. The van der Waals surface area contributed by atoms with Gasteiger partial charge in [0.2, 0.25) is 35.4 Å². The molecule has 0 saturated heterocycles. The van der Waals surface area contributed by atoms with Gasteiger partial charge in [-0.15, -0.1) is 0 Å². The Balaban J connectivity index is 2.49. The van der Waals surface area contributed by atoms with Crippen molar-refractivity contribution in [2.75, 3.05) is 52.5 Å². The minimum atomic E-state index is -2.05. The van der Waals surface area contributed by atoms with E-state index in [1.807, 2.05) is 13.8 Å². The molecule has 24 nitrogen and oxygen atoms in total. The highest BCUT2D eigenvalue weighted by molar-refractivity contribution is 6.76. The summed E-state index contributed by atoms with van der Waals surface area (Å²) in [6.45, 7) is 17.0. The van der Waals surface area contributed by atoms with Crippen molar-refractivity contribution < 1.29 is 67.0 Å². The molecule has 74 heavy (non-hydrogen) atoms. The zero-order valence-electron chi connectivity index (χ0n) is 44.4. The molecule has 0 aromatic rings. The largest absolute Gasteiger partial charge is 0.450 e. The Hall–Kier alpha value is -6.45. The maximum absolute atomic E-state index is 14.7. The second-order valence-corrected chi connectivity index (χ2v) is 31.6. The van der Waals surface area contributed by atoms with Crippen LogP contribution in [-0.2, 0) is 57.4 Å². The predicted octanol–water partition coefficient (Wildman–Crippen LogP) is 1.08. The number of unbranched alkanes of at least 4 members (excludes halogenated alkanes) is 2. The topological polar surface area (TPSA) is 326 Å². The fourth-order valence-electron chi connectivity index (χ4n) is 6.95. The minimum Gasteiger partial charge on any atom is -0.450 e. The smallest absolute Gasteiger partial charge is 0.407 e. The van der Waals surface area contributed by atoms with Crippen LogP contribution in [0.2, 0.25) is 51.4 Å². The number of hydrogen-bond donors (Lipinski definition) is 8. The van der Waals surface area contributed by atoms with Crippen molar-refractivity contribution in [1.29, 1.82) is 0 Å². The lowest BCUT2D eigenvalue weighted by Gasteiger charge is -2.30. The molecular formula is C48H80N10O14Si2. The number of nitrogens with zero attached hydrogens (tertiary/aromatic N) is 2. The number of alkyl carbamates (subject to hydrolysis) is 2. The van der Waals surface area contributed by atoms with Crippen LogP contribution in [0, 0.1) is 0 Å². The molecule has 0 aliphatic carbocycles. The van der Waals surface area contributed by atoms with E-state index < -0.39 is 138 Å². The predicted molar refractivity (Wildman–Crippen MR) is 278 cm³/mol. The van der Waals surface area contributed by atoms with Gasteiger partial charge >= 0.3 is 12.2 Å². The molecule has 0 spiro atoms. The summed E-state index contributed by atoms with van der Waals surface area (Å²) in [5.41, 5.74) is 0. The van der Waals surface area contributed by atoms with Gasteiger partial charge in [-0.25, -0.2) is 9.59 Å². The Morgan fingerprint density at radius 1 is 0.473 bits per heavy atom. The fourth-order valence-corrected chi connectivity index (χ4v) is 8.38. The highest BCUT2D eigenvalue weighted by Gasteiger charge is 2.40.